The van der Waals surface area contributed by atoms with Gasteiger partial charge in [0.15, 0.2) is 0 Å². The first-order valence-corrected chi connectivity index (χ1v) is 10.4. The van der Waals surface area contributed by atoms with E-state index in [4.69, 9.17) is 9.47 Å². The largest absolute Gasteiger partial charge is 0.497 e. The molecule has 1 N–H and O–H groups in total. The monoisotopic (exact) mass is 406 g/mol. The quantitative estimate of drug-likeness (QED) is 0.692. The molecule has 0 aliphatic rings. The average molecular weight is 407 g/mol. The molecule has 0 aromatic heterocycles. The Hall–Kier alpha value is -2.58. The number of nitrogens with zero attached hydrogens (tertiary/aromatic N) is 1. The third-order valence-electron chi connectivity index (χ3n) is 4.39. The molecule has 28 heavy (non-hydrogen) atoms. The van der Waals surface area contributed by atoms with Gasteiger partial charge in [-0.25, -0.2) is 8.42 Å². The number of nitrogens with one attached hydrogen (secondary N) is 1. The Bertz CT molecular complexity index is 907. The molecule has 0 bridgehead atoms. The van der Waals surface area contributed by atoms with Crippen molar-refractivity contribution in [3.05, 3.63) is 53.6 Å². The molecule has 0 atom stereocenters. The lowest BCUT2D eigenvalue weighted by Gasteiger charge is -2.18. The van der Waals surface area contributed by atoms with Crippen LogP contribution in [0.15, 0.2) is 47.4 Å². The molecule has 8 heteroatoms. The minimum atomic E-state index is -3.54. The number of rotatable bonds is 9. The van der Waals surface area contributed by atoms with E-state index in [1.54, 1.807) is 40.2 Å². The van der Waals surface area contributed by atoms with E-state index >= 15 is 0 Å². The van der Waals surface area contributed by atoms with Gasteiger partial charge < -0.3 is 14.8 Å². The molecule has 2 rings (SSSR count). The summed E-state index contributed by atoms with van der Waals surface area (Å²) in [6.07, 6.45) is 0. The summed E-state index contributed by atoms with van der Waals surface area (Å²) in [5.74, 6) is 0.974. The molecular weight excluding hydrogens is 380 g/mol. The van der Waals surface area contributed by atoms with Crippen molar-refractivity contribution in [2.24, 2.45) is 0 Å². The summed E-state index contributed by atoms with van der Waals surface area (Å²) in [6.45, 7) is 4.63. The van der Waals surface area contributed by atoms with Gasteiger partial charge in [-0.1, -0.05) is 13.8 Å². The van der Waals surface area contributed by atoms with Crippen LogP contribution < -0.4 is 14.8 Å². The van der Waals surface area contributed by atoms with Crippen LogP contribution in [0.3, 0.4) is 0 Å². The molecule has 0 radical (unpaired) electrons. The Morgan fingerprint density at radius 3 is 2.18 bits per heavy atom. The third-order valence-corrected chi connectivity index (χ3v) is 6.46. The predicted octanol–water partition coefficient (Wildman–Crippen LogP) is 2.66. The maximum atomic E-state index is 12.5. The van der Waals surface area contributed by atoms with Gasteiger partial charge >= 0.3 is 0 Å². The lowest BCUT2D eigenvalue weighted by atomic mass is 10.1. The third kappa shape index (κ3) is 4.82. The standard InChI is InChI=1S/C20H26N2O5S/c1-5-22(6-2)28(24,25)18-11-8-15(9-12-18)20(23)21-14-16-7-10-17(26-3)13-19(16)27-4/h7-13H,5-6,14H2,1-4H3,(H,21,23). The SMILES string of the molecule is CCN(CC)S(=O)(=O)c1ccc(C(=O)NCc2ccc(OC)cc2OC)cc1. The van der Waals surface area contributed by atoms with Crippen molar-refractivity contribution in [1.29, 1.82) is 0 Å². The summed E-state index contributed by atoms with van der Waals surface area (Å²) < 4.78 is 36.9. The maximum absolute atomic E-state index is 12.5. The summed E-state index contributed by atoms with van der Waals surface area (Å²) in [5.41, 5.74) is 1.18. The van der Waals surface area contributed by atoms with Crippen molar-refractivity contribution in [1.82, 2.24) is 9.62 Å². The van der Waals surface area contributed by atoms with Crippen molar-refractivity contribution in [2.75, 3.05) is 27.3 Å². The van der Waals surface area contributed by atoms with Gasteiger partial charge in [-0.3, -0.25) is 4.79 Å². The first-order valence-electron chi connectivity index (χ1n) is 8.96. The Morgan fingerprint density at radius 1 is 1.00 bits per heavy atom. The molecule has 7 nitrogen and oxygen atoms in total. The number of ether oxygens (including phenoxy) is 2. The molecule has 0 spiro atoms. The second kappa shape index (κ2) is 9.57. The van der Waals surface area contributed by atoms with E-state index in [2.05, 4.69) is 5.32 Å². The van der Waals surface area contributed by atoms with Crippen LogP contribution in [0.25, 0.3) is 0 Å². The fourth-order valence-corrected chi connectivity index (χ4v) is 4.22. The Morgan fingerprint density at radius 2 is 1.64 bits per heavy atom. The summed E-state index contributed by atoms with van der Waals surface area (Å²) in [7, 11) is -0.421. The zero-order chi connectivity index (χ0) is 20.7. The van der Waals surface area contributed by atoms with Crippen molar-refractivity contribution in [3.8, 4) is 11.5 Å². The Labute approximate surface area is 166 Å². The van der Waals surface area contributed by atoms with Crippen molar-refractivity contribution in [3.63, 3.8) is 0 Å². The van der Waals surface area contributed by atoms with Gasteiger partial charge in [0.1, 0.15) is 11.5 Å². The molecule has 0 aliphatic carbocycles. The molecule has 2 aromatic rings. The average Bonchev–Trinajstić information content (AvgIpc) is 2.72. The zero-order valence-corrected chi connectivity index (χ0v) is 17.4. The predicted molar refractivity (Wildman–Crippen MR) is 107 cm³/mol. The Balaban J connectivity index is 2.10. The van der Waals surface area contributed by atoms with Crippen LogP contribution in [-0.4, -0.2) is 45.9 Å². The van der Waals surface area contributed by atoms with Crippen molar-refractivity contribution >= 4 is 15.9 Å². The normalized spacial score (nSPS) is 11.3. The summed E-state index contributed by atoms with van der Waals surface area (Å²) in [6, 6.07) is 11.3. The molecule has 0 unspecified atom stereocenters. The molecule has 0 aliphatic heterocycles. The van der Waals surface area contributed by atoms with E-state index in [1.165, 1.54) is 28.6 Å². The van der Waals surface area contributed by atoms with E-state index in [-0.39, 0.29) is 17.3 Å². The van der Waals surface area contributed by atoms with Gasteiger partial charge in [-0.2, -0.15) is 4.31 Å². The van der Waals surface area contributed by atoms with E-state index in [1.807, 2.05) is 6.07 Å². The van der Waals surface area contributed by atoms with Crippen LogP contribution in [0.1, 0.15) is 29.8 Å². The molecule has 0 fully saturated rings. The first kappa shape index (κ1) is 21.7. The van der Waals surface area contributed by atoms with Crippen LogP contribution >= 0.6 is 0 Å². The molecule has 152 valence electrons. The molecular formula is C20H26N2O5S. The fourth-order valence-electron chi connectivity index (χ4n) is 2.77. The van der Waals surface area contributed by atoms with E-state index in [9.17, 15) is 13.2 Å². The highest BCUT2D eigenvalue weighted by Gasteiger charge is 2.21. The highest BCUT2D eigenvalue weighted by atomic mass is 32.2. The maximum Gasteiger partial charge on any atom is 0.251 e. The van der Waals surface area contributed by atoms with Crippen LogP contribution in [-0.2, 0) is 16.6 Å². The van der Waals surface area contributed by atoms with Crippen LogP contribution in [0.2, 0.25) is 0 Å². The number of amides is 1. The van der Waals surface area contributed by atoms with Gasteiger partial charge in [0, 0.05) is 36.8 Å². The van der Waals surface area contributed by atoms with Crippen LogP contribution in [0.4, 0.5) is 0 Å². The van der Waals surface area contributed by atoms with Crippen LogP contribution in [0.5, 0.6) is 11.5 Å². The van der Waals surface area contributed by atoms with E-state index in [0.717, 1.165) is 5.56 Å². The number of carbonyl (C=O) groups excluding carboxylic acids is 1. The second-order valence-electron chi connectivity index (χ2n) is 5.97. The Kier molecular flexibility index (Phi) is 7.42. The summed E-state index contributed by atoms with van der Waals surface area (Å²) in [4.78, 5) is 12.6. The van der Waals surface area contributed by atoms with Crippen molar-refractivity contribution < 1.29 is 22.7 Å². The smallest absolute Gasteiger partial charge is 0.251 e. The van der Waals surface area contributed by atoms with E-state index < -0.39 is 10.0 Å². The highest BCUT2D eigenvalue weighted by Crippen LogP contribution is 2.24. The van der Waals surface area contributed by atoms with Gasteiger partial charge in [0.25, 0.3) is 5.91 Å². The first-order chi connectivity index (χ1) is 13.4. The molecule has 2 aromatic carbocycles. The van der Waals surface area contributed by atoms with Gasteiger partial charge in [0.2, 0.25) is 10.0 Å². The number of carbonyl (C=O) groups is 1. The molecule has 0 heterocycles. The minimum Gasteiger partial charge on any atom is -0.497 e. The molecule has 1 amide bonds. The van der Waals surface area contributed by atoms with Crippen LogP contribution in [0, 0.1) is 0 Å². The lowest BCUT2D eigenvalue weighted by molar-refractivity contribution is 0.0950. The highest BCUT2D eigenvalue weighted by molar-refractivity contribution is 7.89. The fraction of sp³-hybridized carbons (Fsp3) is 0.350. The number of sulfonamides is 1. The van der Waals surface area contributed by atoms with Gasteiger partial charge in [-0.05, 0) is 36.4 Å². The number of methoxy groups -OCH3 is 2. The minimum absolute atomic E-state index is 0.171. The molecule has 0 saturated carbocycles. The number of benzene rings is 2. The van der Waals surface area contributed by atoms with Gasteiger partial charge in [0.05, 0.1) is 19.1 Å². The summed E-state index contributed by atoms with van der Waals surface area (Å²) in [5, 5.41) is 2.81. The molecule has 0 saturated heterocycles. The summed E-state index contributed by atoms with van der Waals surface area (Å²) >= 11 is 0. The van der Waals surface area contributed by atoms with E-state index in [0.29, 0.717) is 30.2 Å². The topological polar surface area (TPSA) is 84.9 Å². The van der Waals surface area contributed by atoms with Gasteiger partial charge in [-0.15, -0.1) is 0 Å². The van der Waals surface area contributed by atoms with Crippen molar-refractivity contribution in [2.45, 2.75) is 25.3 Å². The second-order valence-corrected chi connectivity index (χ2v) is 7.91. The lowest BCUT2D eigenvalue weighted by Crippen LogP contribution is -2.30. The number of hydrogen-bond acceptors (Lipinski definition) is 5. The zero-order valence-electron chi connectivity index (χ0n) is 16.6. The number of hydrogen-bond donors (Lipinski definition) is 1.